The third-order valence-electron chi connectivity index (χ3n) is 5.69. The summed E-state index contributed by atoms with van der Waals surface area (Å²) in [5.41, 5.74) is 1.14. The van der Waals surface area contributed by atoms with Crippen molar-refractivity contribution in [3.8, 4) is 0 Å². The van der Waals surface area contributed by atoms with Crippen LogP contribution in [0.4, 0.5) is 0 Å². The van der Waals surface area contributed by atoms with E-state index in [4.69, 9.17) is 10.2 Å². The first-order valence-corrected chi connectivity index (χ1v) is 15.1. The molecule has 0 atom stereocenters. The number of hydrogen-bond acceptors (Lipinski definition) is 6. The van der Waals surface area contributed by atoms with Crippen LogP contribution in [0.25, 0.3) is 0 Å². The van der Waals surface area contributed by atoms with Gasteiger partial charge in [-0.3, -0.25) is 19.2 Å². The van der Waals surface area contributed by atoms with Crippen LogP contribution in [0.5, 0.6) is 0 Å². The van der Waals surface area contributed by atoms with Crippen LogP contribution in [-0.2, 0) is 9.59 Å². The third-order valence-corrected chi connectivity index (χ3v) is 8.17. The smallest absolute Gasteiger partial charge is 0.303 e. The maximum absolute atomic E-state index is 12.8. The molecule has 2 rings (SSSR count). The van der Waals surface area contributed by atoms with Crippen LogP contribution in [0, 0.1) is 0 Å². The zero-order valence-corrected chi connectivity index (χ0v) is 23.1. The number of unbranched alkanes of at least 4 members (excludes halogenated alkanes) is 6. The fourth-order valence-corrected chi connectivity index (χ4v) is 6.01. The van der Waals surface area contributed by atoms with Gasteiger partial charge in [-0.05, 0) is 49.9 Å². The Morgan fingerprint density at radius 3 is 1.32 bits per heavy atom. The van der Waals surface area contributed by atoms with Crippen molar-refractivity contribution in [3.63, 3.8) is 0 Å². The first-order valence-electron chi connectivity index (χ1n) is 12.9. The Kier molecular flexibility index (Phi) is 15.0. The zero-order chi connectivity index (χ0) is 27.6. The molecule has 0 unspecified atom stereocenters. The van der Waals surface area contributed by atoms with Gasteiger partial charge in [0.25, 0.3) is 11.8 Å². The van der Waals surface area contributed by atoms with Crippen molar-refractivity contribution in [2.24, 2.45) is 0 Å². The van der Waals surface area contributed by atoms with Gasteiger partial charge < -0.3 is 20.8 Å². The van der Waals surface area contributed by atoms with E-state index in [9.17, 15) is 19.2 Å². The van der Waals surface area contributed by atoms with Crippen LogP contribution in [0.15, 0.2) is 58.3 Å². The van der Waals surface area contributed by atoms with Gasteiger partial charge in [-0.15, -0.1) is 0 Å². The molecule has 38 heavy (non-hydrogen) atoms. The van der Waals surface area contributed by atoms with Crippen molar-refractivity contribution in [1.29, 1.82) is 0 Å². The Bertz CT molecular complexity index is 980. The lowest BCUT2D eigenvalue weighted by Crippen LogP contribution is -2.25. The molecule has 0 aliphatic carbocycles. The summed E-state index contributed by atoms with van der Waals surface area (Å²) >= 11 is 0. The molecule has 0 bridgehead atoms. The average molecular weight is 561 g/mol. The molecular weight excluding hydrogens is 524 g/mol. The minimum atomic E-state index is -0.782. The number of nitrogens with one attached hydrogen (secondary N) is 2. The van der Waals surface area contributed by atoms with Crippen LogP contribution >= 0.6 is 21.6 Å². The van der Waals surface area contributed by atoms with Gasteiger partial charge in [0.05, 0.1) is 11.1 Å². The topological polar surface area (TPSA) is 133 Å². The van der Waals surface area contributed by atoms with E-state index >= 15 is 0 Å². The van der Waals surface area contributed by atoms with E-state index in [0.717, 1.165) is 48.3 Å². The summed E-state index contributed by atoms with van der Waals surface area (Å²) in [6.45, 7) is 1.06. The highest BCUT2D eigenvalue weighted by molar-refractivity contribution is 8.76. The molecule has 0 saturated heterocycles. The quantitative estimate of drug-likeness (QED) is 0.121. The second-order valence-corrected chi connectivity index (χ2v) is 11.0. The van der Waals surface area contributed by atoms with Gasteiger partial charge in [-0.25, -0.2) is 0 Å². The van der Waals surface area contributed by atoms with Crippen molar-refractivity contribution in [3.05, 3.63) is 59.7 Å². The van der Waals surface area contributed by atoms with Gasteiger partial charge in [0, 0.05) is 35.7 Å². The number of carboxylic acid groups (broad SMARTS) is 2. The van der Waals surface area contributed by atoms with Gasteiger partial charge >= 0.3 is 11.9 Å². The Balaban J connectivity index is 1.83. The number of amides is 2. The van der Waals surface area contributed by atoms with E-state index in [1.807, 2.05) is 36.4 Å². The van der Waals surface area contributed by atoms with E-state index in [1.54, 1.807) is 12.1 Å². The lowest BCUT2D eigenvalue weighted by Gasteiger charge is -2.12. The Labute approximate surface area is 231 Å². The number of carbonyl (C=O) groups is 4. The third kappa shape index (κ3) is 12.5. The average Bonchev–Trinajstić information content (AvgIpc) is 2.90. The maximum Gasteiger partial charge on any atom is 0.303 e. The molecule has 2 amide bonds. The Morgan fingerprint density at radius 2 is 0.921 bits per heavy atom. The normalized spacial score (nSPS) is 10.6. The van der Waals surface area contributed by atoms with Crippen LogP contribution in [0.3, 0.4) is 0 Å². The van der Waals surface area contributed by atoms with Crippen LogP contribution in [0.1, 0.15) is 84.9 Å². The van der Waals surface area contributed by atoms with Crippen LogP contribution in [0.2, 0.25) is 0 Å². The summed E-state index contributed by atoms with van der Waals surface area (Å²) in [6, 6.07) is 14.7. The number of benzene rings is 2. The molecule has 0 aliphatic rings. The van der Waals surface area contributed by atoms with Crippen LogP contribution in [-0.4, -0.2) is 47.1 Å². The highest BCUT2D eigenvalue weighted by Gasteiger charge is 2.15. The summed E-state index contributed by atoms with van der Waals surface area (Å²) in [7, 11) is 2.85. The first kappa shape index (κ1) is 31.2. The lowest BCUT2D eigenvalue weighted by atomic mass is 10.1. The molecule has 2 aromatic carbocycles. The summed E-state index contributed by atoms with van der Waals surface area (Å²) in [6.07, 6.45) is 6.61. The van der Waals surface area contributed by atoms with E-state index in [2.05, 4.69) is 10.6 Å². The van der Waals surface area contributed by atoms with E-state index in [1.165, 1.54) is 21.6 Å². The molecule has 0 saturated carbocycles. The number of carboxylic acids is 2. The van der Waals surface area contributed by atoms with Crippen molar-refractivity contribution in [2.75, 3.05) is 13.1 Å². The monoisotopic (exact) mass is 560 g/mol. The molecular formula is C28H36N2O6S2. The Morgan fingerprint density at radius 1 is 0.553 bits per heavy atom. The molecule has 0 aliphatic heterocycles. The van der Waals surface area contributed by atoms with Crippen molar-refractivity contribution in [1.82, 2.24) is 10.6 Å². The zero-order valence-electron chi connectivity index (χ0n) is 21.4. The van der Waals surface area contributed by atoms with Gasteiger partial charge in [-0.1, -0.05) is 71.5 Å². The molecule has 0 fully saturated rings. The minimum Gasteiger partial charge on any atom is -0.481 e. The molecule has 0 heterocycles. The van der Waals surface area contributed by atoms with Gasteiger partial charge in [0.15, 0.2) is 0 Å². The summed E-state index contributed by atoms with van der Waals surface area (Å²) in [5, 5.41) is 23.3. The fourth-order valence-electron chi connectivity index (χ4n) is 3.65. The second kappa shape index (κ2) is 18.3. The maximum atomic E-state index is 12.8. The minimum absolute atomic E-state index is 0.159. The SMILES string of the molecule is O=C(O)CCCCCCNC(=O)c1ccccc1SSc1ccccc1C(=O)NCCCCCCC(=O)O. The molecule has 0 aromatic heterocycles. The van der Waals surface area contributed by atoms with Crippen LogP contribution < -0.4 is 10.6 Å². The van der Waals surface area contributed by atoms with Crippen molar-refractivity contribution in [2.45, 2.75) is 74.0 Å². The van der Waals surface area contributed by atoms with E-state index < -0.39 is 11.9 Å². The van der Waals surface area contributed by atoms with Crippen molar-refractivity contribution >= 4 is 45.3 Å². The van der Waals surface area contributed by atoms with Crippen molar-refractivity contribution < 1.29 is 29.4 Å². The molecule has 4 N–H and O–H groups in total. The number of hydrogen-bond donors (Lipinski definition) is 4. The van der Waals surface area contributed by atoms with Gasteiger partial charge in [0.1, 0.15) is 0 Å². The summed E-state index contributed by atoms with van der Waals surface area (Å²) < 4.78 is 0. The molecule has 10 heteroatoms. The van der Waals surface area contributed by atoms with E-state index in [-0.39, 0.29) is 24.7 Å². The highest BCUT2D eigenvalue weighted by atomic mass is 33.1. The predicted octanol–water partition coefficient (Wildman–Crippen LogP) is 6.02. The largest absolute Gasteiger partial charge is 0.481 e. The molecule has 8 nitrogen and oxygen atoms in total. The highest BCUT2D eigenvalue weighted by Crippen LogP contribution is 2.40. The second-order valence-electron chi connectivity index (χ2n) is 8.79. The first-order chi connectivity index (χ1) is 18.4. The molecule has 0 radical (unpaired) electrons. The number of carbonyl (C=O) groups excluding carboxylic acids is 2. The van der Waals surface area contributed by atoms with Gasteiger partial charge in [0.2, 0.25) is 0 Å². The number of aliphatic carboxylic acids is 2. The number of rotatable bonds is 19. The molecule has 206 valence electrons. The lowest BCUT2D eigenvalue weighted by molar-refractivity contribution is -0.138. The van der Waals surface area contributed by atoms with Gasteiger partial charge in [-0.2, -0.15) is 0 Å². The standard InChI is InChI=1S/C28H36N2O6S2/c31-25(32)17-5-1-3-11-19-29-27(35)21-13-7-9-15-23(21)37-38-24-16-10-8-14-22(24)28(36)30-20-12-4-2-6-18-26(33)34/h7-10,13-16H,1-6,11-12,17-20H2,(H,29,35)(H,30,36)(H,31,32)(H,33,34). The van der Waals surface area contributed by atoms with E-state index in [0.29, 0.717) is 37.1 Å². The summed E-state index contributed by atoms with van der Waals surface area (Å²) in [4.78, 5) is 48.3. The predicted molar refractivity (Wildman–Crippen MR) is 151 cm³/mol. The summed E-state index contributed by atoms with van der Waals surface area (Å²) in [5.74, 6) is -1.88. The molecule has 0 spiro atoms. The Hall–Kier alpha value is -2.98. The molecule has 2 aromatic rings. The fraction of sp³-hybridized carbons (Fsp3) is 0.429.